The molecule has 27 heavy (non-hydrogen) atoms. The summed E-state index contributed by atoms with van der Waals surface area (Å²) in [6, 6.07) is 8.15. The van der Waals surface area contributed by atoms with Crippen molar-refractivity contribution in [1.29, 1.82) is 0 Å². The molecule has 2 heterocycles. The summed E-state index contributed by atoms with van der Waals surface area (Å²) in [5.74, 6) is 0.838. The van der Waals surface area contributed by atoms with Gasteiger partial charge in [-0.05, 0) is 50.5 Å². The van der Waals surface area contributed by atoms with Crippen LogP contribution >= 0.6 is 0 Å². The molecule has 2 aromatic rings. The number of hydrogen-bond donors (Lipinski definition) is 1. The lowest BCUT2D eigenvalue weighted by Gasteiger charge is -2.25. The molecule has 3 rings (SSSR count). The van der Waals surface area contributed by atoms with Gasteiger partial charge in [-0.25, -0.2) is 0 Å². The first-order chi connectivity index (χ1) is 13.1. The molecular weight excluding hydrogens is 340 g/mol. The Balaban J connectivity index is 1.95. The SMILES string of the molecule is CCCCNc1ccc(OC2CCCOC2)c(-c2cc(C)c(=O)n(C)c2)c1. The molecule has 0 saturated carbocycles. The minimum atomic E-state index is 0.0270. The summed E-state index contributed by atoms with van der Waals surface area (Å²) in [5, 5.41) is 3.48. The molecule has 5 nitrogen and oxygen atoms in total. The molecule has 1 unspecified atom stereocenters. The van der Waals surface area contributed by atoms with Crippen LogP contribution in [0.2, 0.25) is 0 Å². The zero-order valence-electron chi connectivity index (χ0n) is 16.6. The van der Waals surface area contributed by atoms with Gasteiger partial charge in [-0.15, -0.1) is 0 Å². The first-order valence-electron chi connectivity index (χ1n) is 9.88. The van der Waals surface area contributed by atoms with Crippen molar-refractivity contribution in [2.24, 2.45) is 7.05 Å². The Bertz CT molecular complexity index is 797. The first-order valence-corrected chi connectivity index (χ1v) is 9.88. The Hall–Kier alpha value is -2.27. The third-order valence-corrected chi connectivity index (χ3v) is 4.92. The number of rotatable bonds is 7. The fraction of sp³-hybridized carbons (Fsp3) is 0.500. The second-order valence-corrected chi connectivity index (χ2v) is 7.28. The quantitative estimate of drug-likeness (QED) is 0.745. The Morgan fingerprint density at radius 3 is 2.89 bits per heavy atom. The van der Waals surface area contributed by atoms with Gasteiger partial charge in [0.2, 0.25) is 0 Å². The van der Waals surface area contributed by atoms with Crippen molar-refractivity contribution in [1.82, 2.24) is 4.57 Å². The van der Waals surface area contributed by atoms with Crippen molar-refractivity contribution >= 4 is 5.69 Å². The molecule has 0 spiro atoms. The number of benzene rings is 1. The zero-order valence-corrected chi connectivity index (χ0v) is 16.6. The van der Waals surface area contributed by atoms with Gasteiger partial charge >= 0.3 is 0 Å². The van der Waals surface area contributed by atoms with Crippen LogP contribution in [0.4, 0.5) is 5.69 Å². The fourth-order valence-electron chi connectivity index (χ4n) is 3.39. The van der Waals surface area contributed by atoms with Crippen molar-refractivity contribution in [3.8, 4) is 16.9 Å². The lowest BCUT2D eigenvalue weighted by Crippen LogP contribution is -2.28. The predicted molar refractivity (Wildman–Crippen MR) is 110 cm³/mol. The fourth-order valence-corrected chi connectivity index (χ4v) is 3.39. The number of aryl methyl sites for hydroxylation is 2. The molecule has 1 atom stereocenters. The van der Waals surface area contributed by atoms with Gasteiger partial charge in [0, 0.05) is 48.8 Å². The van der Waals surface area contributed by atoms with E-state index in [1.807, 2.05) is 25.3 Å². The normalized spacial score (nSPS) is 16.9. The van der Waals surface area contributed by atoms with Crippen molar-refractivity contribution in [3.63, 3.8) is 0 Å². The molecule has 0 bridgehead atoms. The van der Waals surface area contributed by atoms with Gasteiger partial charge in [-0.3, -0.25) is 4.79 Å². The monoisotopic (exact) mass is 370 g/mol. The number of unbranched alkanes of at least 4 members (excludes halogenated alkanes) is 1. The minimum Gasteiger partial charge on any atom is -0.487 e. The number of nitrogens with zero attached hydrogens (tertiary/aromatic N) is 1. The second kappa shape index (κ2) is 9.09. The van der Waals surface area contributed by atoms with Gasteiger partial charge in [0.1, 0.15) is 11.9 Å². The van der Waals surface area contributed by atoms with Crippen LogP contribution < -0.4 is 15.6 Å². The highest BCUT2D eigenvalue weighted by Crippen LogP contribution is 2.34. The van der Waals surface area contributed by atoms with Crippen LogP contribution in [0.3, 0.4) is 0 Å². The van der Waals surface area contributed by atoms with E-state index in [0.717, 1.165) is 67.0 Å². The Morgan fingerprint density at radius 2 is 2.19 bits per heavy atom. The molecule has 1 fully saturated rings. The number of pyridine rings is 1. The van der Waals surface area contributed by atoms with Crippen molar-refractivity contribution in [2.75, 3.05) is 25.1 Å². The van der Waals surface area contributed by atoms with Crippen LogP contribution in [-0.2, 0) is 11.8 Å². The summed E-state index contributed by atoms with van der Waals surface area (Å²) in [5.41, 5.74) is 3.81. The first kappa shape index (κ1) is 19.5. The summed E-state index contributed by atoms with van der Waals surface area (Å²) < 4.78 is 13.5. The van der Waals surface area contributed by atoms with Crippen molar-refractivity contribution in [3.05, 3.63) is 46.4 Å². The third kappa shape index (κ3) is 4.92. The lowest BCUT2D eigenvalue weighted by atomic mass is 10.0. The smallest absolute Gasteiger partial charge is 0.253 e. The van der Waals surface area contributed by atoms with E-state index in [1.54, 1.807) is 11.6 Å². The minimum absolute atomic E-state index is 0.0270. The largest absolute Gasteiger partial charge is 0.487 e. The molecule has 1 aromatic heterocycles. The highest BCUT2D eigenvalue weighted by Gasteiger charge is 2.18. The molecule has 5 heteroatoms. The van der Waals surface area contributed by atoms with Crippen LogP contribution in [0.1, 0.15) is 38.2 Å². The molecule has 1 aliphatic rings. The predicted octanol–water partition coefficient (Wildman–Crippen LogP) is 4.13. The van der Waals surface area contributed by atoms with Crippen molar-refractivity contribution < 1.29 is 9.47 Å². The molecule has 146 valence electrons. The number of nitrogens with one attached hydrogen (secondary N) is 1. The number of anilines is 1. The number of ether oxygens (including phenoxy) is 2. The summed E-state index contributed by atoms with van der Waals surface area (Å²) in [4.78, 5) is 12.1. The average Bonchev–Trinajstić information content (AvgIpc) is 2.68. The Kier molecular flexibility index (Phi) is 6.56. The second-order valence-electron chi connectivity index (χ2n) is 7.28. The van der Waals surface area contributed by atoms with Gasteiger partial charge < -0.3 is 19.4 Å². The Labute approximate surface area is 161 Å². The van der Waals surface area contributed by atoms with E-state index in [9.17, 15) is 4.79 Å². The Morgan fingerprint density at radius 1 is 1.33 bits per heavy atom. The van der Waals surface area contributed by atoms with Gasteiger partial charge in [0.25, 0.3) is 5.56 Å². The maximum atomic E-state index is 12.1. The van der Waals surface area contributed by atoms with E-state index in [2.05, 4.69) is 24.4 Å². The number of hydrogen-bond acceptors (Lipinski definition) is 4. The highest BCUT2D eigenvalue weighted by atomic mass is 16.5. The molecule has 0 aliphatic carbocycles. The van der Waals surface area contributed by atoms with Crippen LogP contribution in [0.5, 0.6) is 5.75 Å². The van der Waals surface area contributed by atoms with Gasteiger partial charge in [0.15, 0.2) is 0 Å². The van der Waals surface area contributed by atoms with Crippen LogP contribution in [-0.4, -0.2) is 30.4 Å². The molecule has 1 N–H and O–H groups in total. The average molecular weight is 370 g/mol. The summed E-state index contributed by atoms with van der Waals surface area (Å²) in [7, 11) is 1.79. The molecule has 0 radical (unpaired) electrons. The number of aromatic nitrogens is 1. The van der Waals surface area contributed by atoms with Gasteiger partial charge in [0.05, 0.1) is 6.61 Å². The topological polar surface area (TPSA) is 52.5 Å². The zero-order chi connectivity index (χ0) is 19.2. The van der Waals surface area contributed by atoms with E-state index >= 15 is 0 Å². The summed E-state index contributed by atoms with van der Waals surface area (Å²) in [6.07, 6.45) is 6.27. The summed E-state index contributed by atoms with van der Waals surface area (Å²) >= 11 is 0. The molecule has 0 amide bonds. The molecule has 1 aromatic carbocycles. The maximum Gasteiger partial charge on any atom is 0.253 e. The van der Waals surface area contributed by atoms with E-state index in [-0.39, 0.29) is 11.7 Å². The summed E-state index contributed by atoms with van der Waals surface area (Å²) in [6.45, 7) is 6.42. The lowest BCUT2D eigenvalue weighted by molar-refractivity contribution is 0.00768. The van der Waals surface area contributed by atoms with Crippen LogP contribution in [0.25, 0.3) is 11.1 Å². The van der Waals surface area contributed by atoms with Crippen molar-refractivity contribution in [2.45, 2.75) is 45.6 Å². The van der Waals surface area contributed by atoms with E-state index in [4.69, 9.17) is 9.47 Å². The molecule has 1 saturated heterocycles. The maximum absolute atomic E-state index is 12.1. The van der Waals surface area contributed by atoms with E-state index < -0.39 is 0 Å². The standard InChI is InChI=1S/C22H30N2O3/c1-4-5-10-23-18-8-9-21(27-19-7-6-11-26-15-19)20(13-18)17-12-16(2)22(25)24(3)14-17/h8-9,12-14,19,23H,4-7,10-11,15H2,1-3H3. The van der Waals surface area contributed by atoms with E-state index in [1.165, 1.54) is 0 Å². The molecule has 1 aliphatic heterocycles. The van der Waals surface area contributed by atoms with E-state index in [0.29, 0.717) is 6.61 Å². The molecular formula is C22H30N2O3. The van der Waals surface area contributed by atoms with Gasteiger partial charge in [-0.1, -0.05) is 13.3 Å². The van der Waals surface area contributed by atoms with Gasteiger partial charge in [-0.2, -0.15) is 0 Å². The highest BCUT2D eigenvalue weighted by molar-refractivity contribution is 5.74. The third-order valence-electron chi connectivity index (χ3n) is 4.92. The van der Waals surface area contributed by atoms with Crippen LogP contribution in [0.15, 0.2) is 35.3 Å². The van der Waals surface area contributed by atoms with Crippen LogP contribution in [0, 0.1) is 6.92 Å².